The summed E-state index contributed by atoms with van der Waals surface area (Å²) in [5.41, 5.74) is 3.09. The van der Waals surface area contributed by atoms with Crippen molar-refractivity contribution in [3.8, 4) is 0 Å². The summed E-state index contributed by atoms with van der Waals surface area (Å²) < 4.78 is 0. The molecule has 14 heavy (non-hydrogen) atoms. The van der Waals surface area contributed by atoms with Gasteiger partial charge in [0.2, 0.25) is 5.13 Å². The average Bonchev–Trinajstić information content (AvgIpc) is 2.74. The Kier molecular flexibility index (Phi) is 2.79. The number of rotatable bonds is 3. The van der Waals surface area contributed by atoms with Crippen molar-refractivity contribution in [2.75, 3.05) is 5.32 Å². The summed E-state index contributed by atoms with van der Waals surface area (Å²) in [6, 6.07) is 2.22. The van der Waals surface area contributed by atoms with E-state index >= 15 is 0 Å². The Labute approximate surface area is 90.8 Å². The van der Waals surface area contributed by atoms with E-state index in [0.29, 0.717) is 0 Å². The Balaban J connectivity index is 1.98. The number of anilines is 1. The molecule has 0 unspecified atom stereocenters. The number of aryl methyl sites for hydroxylation is 2. The maximum absolute atomic E-state index is 3.92. The van der Waals surface area contributed by atoms with Crippen LogP contribution in [0.5, 0.6) is 0 Å². The van der Waals surface area contributed by atoms with Crippen LogP contribution in [-0.2, 0) is 6.54 Å². The van der Waals surface area contributed by atoms with Crippen molar-refractivity contribution in [3.05, 3.63) is 26.9 Å². The summed E-state index contributed by atoms with van der Waals surface area (Å²) in [6.45, 7) is 5.13. The fourth-order valence-electron chi connectivity index (χ4n) is 1.15. The molecular formula is C9H11N3S2. The van der Waals surface area contributed by atoms with Crippen molar-refractivity contribution in [2.45, 2.75) is 20.4 Å². The molecule has 2 rings (SSSR count). The van der Waals surface area contributed by atoms with Gasteiger partial charge in [0.25, 0.3) is 0 Å². The second kappa shape index (κ2) is 4.06. The maximum Gasteiger partial charge on any atom is 0.205 e. The molecule has 0 saturated heterocycles. The topological polar surface area (TPSA) is 37.8 Å². The fourth-order valence-corrected chi connectivity index (χ4v) is 2.59. The largest absolute Gasteiger partial charge is 0.355 e. The summed E-state index contributed by atoms with van der Waals surface area (Å²) in [4.78, 5) is 2.73. The molecule has 0 amide bonds. The Bertz CT molecular complexity index is 386. The predicted molar refractivity (Wildman–Crippen MR) is 61.0 cm³/mol. The minimum atomic E-state index is 0.842. The molecule has 0 aliphatic heterocycles. The zero-order chi connectivity index (χ0) is 9.97. The number of nitrogens with one attached hydrogen (secondary N) is 1. The molecule has 0 radical (unpaired) electrons. The van der Waals surface area contributed by atoms with Gasteiger partial charge in [-0.1, -0.05) is 11.3 Å². The summed E-state index contributed by atoms with van der Waals surface area (Å²) in [7, 11) is 0. The van der Waals surface area contributed by atoms with Crippen LogP contribution in [0.4, 0.5) is 5.13 Å². The van der Waals surface area contributed by atoms with Crippen LogP contribution in [0.3, 0.4) is 0 Å². The van der Waals surface area contributed by atoms with E-state index in [2.05, 4.69) is 35.4 Å². The lowest BCUT2D eigenvalue weighted by atomic mass is 10.3. The first-order chi connectivity index (χ1) is 6.75. The molecule has 74 valence electrons. The van der Waals surface area contributed by atoms with Gasteiger partial charge in [-0.15, -0.1) is 21.5 Å². The second-order valence-corrected chi connectivity index (χ2v) is 5.22. The molecule has 0 saturated carbocycles. The molecule has 0 spiro atoms. The number of nitrogens with zero attached hydrogens (tertiary/aromatic N) is 2. The molecule has 0 aromatic carbocycles. The molecule has 0 aliphatic rings. The zero-order valence-corrected chi connectivity index (χ0v) is 9.71. The van der Waals surface area contributed by atoms with Crippen molar-refractivity contribution >= 4 is 27.8 Å². The quantitative estimate of drug-likeness (QED) is 0.873. The van der Waals surface area contributed by atoms with E-state index in [1.54, 1.807) is 5.51 Å². The van der Waals surface area contributed by atoms with E-state index in [9.17, 15) is 0 Å². The van der Waals surface area contributed by atoms with Crippen LogP contribution in [0, 0.1) is 13.8 Å². The van der Waals surface area contributed by atoms with Gasteiger partial charge in [-0.25, -0.2) is 0 Å². The number of hydrogen-bond acceptors (Lipinski definition) is 5. The van der Waals surface area contributed by atoms with E-state index in [-0.39, 0.29) is 0 Å². The highest BCUT2D eigenvalue weighted by atomic mass is 32.1. The lowest BCUT2D eigenvalue weighted by Crippen LogP contribution is -1.96. The number of aromatic nitrogens is 2. The number of hydrogen-bond donors (Lipinski definition) is 1. The summed E-state index contributed by atoms with van der Waals surface area (Å²) in [5, 5.41) is 11.8. The van der Waals surface area contributed by atoms with Crippen LogP contribution >= 0.6 is 22.7 Å². The van der Waals surface area contributed by atoms with Crippen molar-refractivity contribution in [3.63, 3.8) is 0 Å². The fraction of sp³-hybridized carbons (Fsp3) is 0.333. The average molecular weight is 225 g/mol. The van der Waals surface area contributed by atoms with Crippen molar-refractivity contribution < 1.29 is 0 Å². The van der Waals surface area contributed by atoms with Gasteiger partial charge >= 0.3 is 0 Å². The molecule has 3 nitrogen and oxygen atoms in total. The van der Waals surface area contributed by atoms with Crippen LogP contribution in [0.25, 0.3) is 0 Å². The van der Waals surface area contributed by atoms with Crippen LogP contribution in [0.2, 0.25) is 0 Å². The third kappa shape index (κ3) is 2.10. The van der Waals surface area contributed by atoms with Crippen LogP contribution < -0.4 is 5.32 Å². The molecule has 0 fully saturated rings. The summed E-state index contributed by atoms with van der Waals surface area (Å²) >= 11 is 3.35. The minimum absolute atomic E-state index is 0.842. The van der Waals surface area contributed by atoms with E-state index in [1.165, 1.54) is 26.7 Å². The van der Waals surface area contributed by atoms with Crippen molar-refractivity contribution in [1.29, 1.82) is 0 Å². The van der Waals surface area contributed by atoms with Crippen LogP contribution in [-0.4, -0.2) is 10.2 Å². The molecular weight excluding hydrogens is 214 g/mol. The number of thiophene rings is 1. The van der Waals surface area contributed by atoms with Gasteiger partial charge in [-0.2, -0.15) is 0 Å². The van der Waals surface area contributed by atoms with Gasteiger partial charge in [0.1, 0.15) is 5.51 Å². The van der Waals surface area contributed by atoms with Gasteiger partial charge in [-0.05, 0) is 25.5 Å². The lowest BCUT2D eigenvalue weighted by molar-refractivity contribution is 1.06. The van der Waals surface area contributed by atoms with Gasteiger partial charge in [-0.3, -0.25) is 0 Å². The van der Waals surface area contributed by atoms with Gasteiger partial charge < -0.3 is 5.32 Å². The first-order valence-electron chi connectivity index (χ1n) is 4.31. The lowest BCUT2D eigenvalue weighted by Gasteiger charge is -1.97. The molecule has 0 aliphatic carbocycles. The standard InChI is InChI=1S/C9H11N3S2/c1-6-3-8(14-7(6)2)4-10-9-12-11-5-13-9/h3,5H,4H2,1-2H3,(H,10,12). The van der Waals surface area contributed by atoms with E-state index < -0.39 is 0 Å². The van der Waals surface area contributed by atoms with E-state index in [4.69, 9.17) is 0 Å². The summed E-state index contributed by atoms with van der Waals surface area (Å²) in [6.07, 6.45) is 0. The van der Waals surface area contributed by atoms with E-state index in [1.807, 2.05) is 11.3 Å². The third-order valence-electron chi connectivity index (χ3n) is 1.99. The maximum atomic E-state index is 3.92. The molecule has 5 heteroatoms. The van der Waals surface area contributed by atoms with Crippen molar-refractivity contribution in [1.82, 2.24) is 10.2 Å². The highest BCUT2D eigenvalue weighted by molar-refractivity contribution is 7.13. The van der Waals surface area contributed by atoms with Crippen LogP contribution in [0.1, 0.15) is 15.3 Å². The minimum Gasteiger partial charge on any atom is -0.355 e. The highest BCUT2D eigenvalue weighted by Gasteiger charge is 2.02. The highest BCUT2D eigenvalue weighted by Crippen LogP contribution is 2.21. The van der Waals surface area contributed by atoms with Crippen LogP contribution in [0.15, 0.2) is 11.6 Å². The Morgan fingerprint density at radius 3 is 2.86 bits per heavy atom. The first kappa shape index (κ1) is 9.61. The first-order valence-corrected chi connectivity index (χ1v) is 6.01. The molecule has 2 aromatic rings. The van der Waals surface area contributed by atoms with Crippen molar-refractivity contribution in [2.24, 2.45) is 0 Å². The second-order valence-electron chi connectivity index (χ2n) is 3.05. The summed E-state index contributed by atoms with van der Waals surface area (Å²) in [5.74, 6) is 0. The molecule has 2 heterocycles. The van der Waals surface area contributed by atoms with Gasteiger partial charge in [0.15, 0.2) is 0 Å². The smallest absolute Gasteiger partial charge is 0.205 e. The zero-order valence-electron chi connectivity index (χ0n) is 8.07. The third-order valence-corrected chi connectivity index (χ3v) is 3.79. The Hall–Kier alpha value is -0.940. The molecule has 0 bridgehead atoms. The SMILES string of the molecule is Cc1cc(CNc2nncs2)sc1C. The van der Waals surface area contributed by atoms with Gasteiger partial charge in [0, 0.05) is 9.75 Å². The molecule has 0 atom stereocenters. The Morgan fingerprint density at radius 2 is 2.29 bits per heavy atom. The monoisotopic (exact) mass is 225 g/mol. The van der Waals surface area contributed by atoms with Gasteiger partial charge in [0.05, 0.1) is 6.54 Å². The Morgan fingerprint density at radius 1 is 1.43 bits per heavy atom. The molecule has 1 N–H and O–H groups in total. The van der Waals surface area contributed by atoms with E-state index in [0.717, 1.165) is 11.7 Å². The normalized spacial score (nSPS) is 10.4. The predicted octanol–water partition coefficient (Wildman–Crippen LogP) is 2.83. The molecule has 2 aromatic heterocycles.